The fourth-order valence-corrected chi connectivity index (χ4v) is 3.75. The average molecular weight is 411 g/mol. The smallest absolute Gasteiger partial charge is 0.325 e. The Morgan fingerprint density at radius 1 is 1.21 bits per heavy atom. The molecular formula is C19H17N5O4S. The van der Waals surface area contributed by atoms with E-state index in [1.165, 1.54) is 0 Å². The number of benzene rings is 2. The van der Waals surface area contributed by atoms with E-state index in [0.717, 1.165) is 16.6 Å². The Labute approximate surface area is 170 Å². The van der Waals surface area contributed by atoms with E-state index in [-0.39, 0.29) is 0 Å². The van der Waals surface area contributed by atoms with E-state index in [9.17, 15) is 14.4 Å². The first-order valence-corrected chi connectivity index (χ1v) is 9.45. The van der Waals surface area contributed by atoms with Gasteiger partial charge in [-0.25, -0.2) is 4.79 Å². The molecule has 0 saturated carbocycles. The summed E-state index contributed by atoms with van der Waals surface area (Å²) in [7, 11) is 1.54. The summed E-state index contributed by atoms with van der Waals surface area (Å²) < 4.78 is 13.4. The summed E-state index contributed by atoms with van der Waals surface area (Å²) in [5.74, 6) is -0.375. The number of hydrogen-bond acceptors (Lipinski definition) is 7. The molecule has 9 nitrogen and oxygen atoms in total. The number of fused-ring (bicyclic) bond motifs is 1. The van der Waals surface area contributed by atoms with Gasteiger partial charge in [0.25, 0.3) is 5.91 Å². The molecule has 0 spiro atoms. The third-order valence-electron chi connectivity index (χ3n) is 4.80. The number of carbonyl (C=O) groups excluding carboxylic acids is 3. The number of hydrogen-bond donors (Lipinski definition) is 2. The van der Waals surface area contributed by atoms with Crippen molar-refractivity contribution in [1.29, 1.82) is 0 Å². The summed E-state index contributed by atoms with van der Waals surface area (Å²) in [6.07, 6.45) is 0. The van der Waals surface area contributed by atoms with Crippen molar-refractivity contribution in [1.82, 2.24) is 19.0 Å². The van der Waals surface area contributed by atoms with Gasteiger partial charge in [0, 0.05) is 0 Å². The number of ether oxygens (including phenoxy) is 1. The molecule has 2 aromatic carbocycles. The minimum Gasteiger partial charge on any atom is -0.497 e. The topological polar surface area (TPSA) is 114 Å². The van der Waals surface area contributed by atoms with Gasteiger partial charge in [0.15, 0.2) is 0 Å². The Bertz CT molecular complexity index is 1110. The average Bonchev–Trinajstić information content (AvgIpc) is 3.28. The van der Waals surface area contributed by atoms with E-state index >= 15 is 0 Å². The Morgan fingerprint density at radius 3 is 2.69 bits per heavy atom. The number of carbonyl (C=O) groups is 3. The first-order valence-electron chi connectivity index (χ1n) is 8.72. The molecule has 0 radical (unpaired) electrons. The number of nitrogens with one attached hydrogen (secondary N) is 2. The first kappa shape index (κ1) is 18.8. The predicted molar refractivity (Wildman–Crippen MR) is 107 cm³/mol. The quantitative estimate of drug-likeness (QED) is 0.622. The molecule has 1 fully saturated rings. The molecule has 2 N–H and O–H groups in total. The zero-order valence-electron chi connectivity index (χ0n) is 15.6. The van der Waals surface area contributed by atoms with Crippen LogP contribution in [0.2, 0.25) is 0 Å². The van der Waals surface area contributed by atoms with Gasteiger partial charge in [0.2, 0.25) is 5.91 Å². The van der Waals surface area contributed by atoms with Crippen LogP contribution >= 0.6 is 11.7 Å². The molecule has 4 amide bonds. The maximum absolute atomic E-state index is 13.0. The summed E-state index contributed by atoms with van der Waals surface area (Å²) in [4.78, 5) is 38.8. The molecule has 148 valence electrons. The second-order valence-electron chi connectivity index (χ2n) is 6.66. The minimum atomic E-state index is -1.26. The lowest BCUT2D eigenvalue weighted by Crippen LogP contribution is -2.42. The Hall–Kier alpha value is -3.53. The van der Waals surface area contributed by atoms with Crippen molar-refractivity contribution in [3.8, 4) is 5.75 Å². The van der Waals surface area contributed by atoms with E-state index in [1.807, 2.05) is 0 Å². The lowest BCUT2D eigenvalue weighted by atomic mass is 9.92. The highest BCUT2D eigenvalue weighted by Crippen LogP contribution is 2.30. The largest absolute Gasteiger partial charge is 0.497 e. The highest BCUT2D eigenvalue weighted by Gasteiger charge is 2.49. The fourth-order valence-electron chi connectivity index (χ4n) is 3.20. The van der Waals surface area contributed by atoms with Crippen molar-refractivity contribution >= 4 is 46.3 Å². The van der Waals surface area contributed by atoms with Crippen LogP contribution < -0.4 is 15.4 Å². The lowest BCUT2D eigenvalue weighted by Gasteiger charge is -2.22. The molecule has 10 heteroatoms. The number of nitrogens with zero attached hydrogens (tertiary/aromatic N) is 3. The molecule has 0 bridgehead atoms. The third-order valence-corrected chi connectivity index (χ3v) is 5.35. The van der Waals surface area contributed by atoms with Gasteiger partial charge >= 0.3 is 6.03 Å². The van der Waals surface area contributed by atoms with Crippen LogP contribution in [0.1, 0.15) is 12.5 Å². The zero-order valence-corrected chi connectivity index (χ0v) is 16.4. The van der Waals surface area contributed by atoms with Crippen LogP contribution in [-0.4, -0.2) is 45.1 Å². The maximum Gasteiger partial charge on any atom is 0.325 e. The minimum absolute atomic E-state index is 0.412. The van der Waals surface area contributed by atoms with Crippen LogP contribution in [-0.2, 0) is 15.1 Å². The number of aromatic nitrogens is 2. The van der Waals surface area contributed by atoms with Crippen LogP contribution in [0, 0.1) is 0 Å². The zero-order chi connectivity index (χ0) is 20.6. The molecular weight excluding hydrogens is 394 g/mol. The van der Waals surface area contributed by atoms with Gasteiger partial charge in [-0.3, -0.25) is 14.5 Å². The molecule has 0 aliphatic carbocycles. The molecule has 1 unspecified atom stereocenters. The van der Waals surface area contributed by atoms with E-state index < -0.39 is 29.9 Å². The predicted octanol–water partition coefficient (Wildman–Crippen LogP) is 2.11. The van der Waals surface area contributed by atoms with Crippen molar-refractivity contribution in [2.75, 3.05) is 19.0 Å². The van der Waals surface area contributed by atoms with Gasteiger partial charge in [0.1, 0.15) is 28.9 Å². The molecule has 1 aromatic heterocycles. The van der Waals surface area contributed by atoms with Crippen molar-refractivity contribution in [3.63, 3.8) is 0 Å². The number of methoxy groups -OCH3 is 1. The van der Waals surface area contributed by atoms with Gasteiger partial charge < -0.3 is 15.4 Å². The monoisotopic (exact) mass is 411 g/mol. The number of urea groups is 1. The first-order chi connectivity index (χ1) is 13.9. The Kier molecular flexibility index (Phi) is 4.63. The van der Waals surface area contributed by atoms with Gasteiger partial charge in [0.05, 0.1) is 24.5 Å². The number of anilines is 1. The number of rotatable bonds is 5. The lowest BCUT2D eigenvalue weighted by molar-refractivity contribution is -0.133. The van der Waals surface area contributed by atoms with Crippen molar-refractivity contribution < 1.29 is 19.1 Å². The summed E-state index contributed by atoms with van der Waals surface area (Å²) in [6, 6.07) is 11.4. The van der Waals surface area contributed by atoms with Crippen LogP contribution in [0.15, 0.2) is 42.5 Å². The van der Waals surface area contributed by atoms with Crippen LogP contribution in [0.25, 0.3) is 11.0 Å². The molecule has 3 aromatic rings. The normalized spacial score (nSPS) is 18.8. The molecule has 2 heterocycles. The van der Waals surface area contributed by atoms with Crippen LogP contribution in [0.3, 0.4) is 0 Å². The number of imide groups is 1. The van der Waals surface area contributed by atoms with Crippen molar-refractivity contribution in [3.05, 3.63) is 48.0 Å². The summed E-state index contributed by atoms with van der Waals surface area (Å²) in [5.41, 5.74) is 1.03. The summed E-state index contributed by atoms with van der Waals surface area (Å²) in [6.45, 7) is 1.19. The second-order valence-corrected chi connectivity index (χ2v) is 7.19. The van der Waals surface area contributed by atoms with E-state index in [4.69, 9.17) is 4.74 Å². The fraction of sp³-hybridized carbons (Fsp3) is 0.211. The van der Waals surface area contributed by atoms with Crippen LogP contribution in [0.4, 0.5) is 10.5 Å². The molecule has 1 atom stereocenters. The van der Waals surface area contributed by atoms with Crippen molar-refractivity contribution in [2.24, 2.45) is 0 Å². The number of amides is 4. The van der Waals surface area contributed by atoms with E-state index in [1.54, 1.807) is 56.5 Å². The Morgan fingerprint density at radius 2 is 1.97 bits per heavy atom. The molecule has 1 saturated heterocycles. The van der Waals surface area contributed by atoms with Crippen LogP contribution in [0.5, 0.6) is 5.75 Å². The summed E-state index contributed by atoms with van der Waals surface area (Å²) >= 11 is 1.04. The molecule has 4 rings (SSSR count). The SMILES string of the molecule is COc1ccc(C2(C)NC(=O)N(CC(=O)Nc3cccc4nsnc34)C2=O)cc1. The molecule has 1 aliphatic rings. The van der Waals surface area contributed by atoms with E-state index in [0.29, 0.717) is 28.0 Å². The van der Waals surface area contributed by atoms with Gasteiger partial charge in [-0.15, -0.1) is 0 Å². The molecule has 1 aliphatic heterocycles. The summed E-state index contributed by atoms with van der Waals surface area (Å²) in [5, 5.41) is 5.37. The third kappa shape index (κ3) is 3.27. The van der Waals surface area contributed by atoms with E-state index in [2.05, 4.69) is 19.4 Å². The highest BCUT2D eigenvalue weighted by molar-refractivity contribution is 7.00. The van der Waals surface area contributed by atoms with Gasteiger partial charge in [-0.05, 0) is 36.8 Å². The molecule has 29 heavy (non-hydrogen) atoms. The second kappa shape index (κ2) is 7.13. The van der Waals surface area contributed by atoms with Crippen molar-refractivity contribution in [2.45, 2.75) is 12.5 Å². The maximum atomic E-state index is 13.0. The highest BCUT2D eigenvalue weighted by atomic mass is 32.1. The van der Waals surface area contributed by atoms with Gasteiger partial charge in [-0.2, -0.15) is 8.75 Å². The standard InChI is InChI=1S/C19H17N5O4S/c1-19(11-6-8-12(28-2)9-7-11)17(26)24(18(27)21-19)10-15(25)20-13-4-3-5-14-16(13)23-29-22-14/h3-9H,10H2,1-2H3,(H,20,25)(H,21,27). The van der Waals surface area contributed by atoms with Gasteiger partial charge in [-0.1, -0.05) is 18.2 Å². The Balaban J connectivity index is 1.51.